The molecule has 11 nitrogen and oxygen atoms in total. The fraction of sp³-hybridized carbons (Fsp3) is 0.462. The number of hydrogen-bond acceptors (Lipinski definition) is 9. The summed E-state index contributed by atoms with van der Waals surface area (Å²) in [7, 11) is 0. The van der Waals surface area contributed by atoms with Gasteiger partial charge >= 0.3 is 5.97 Å². The molecule has 1 aromatic carbocycles. The number of nitrogens with one attached hydrogen (secondary N) is 1. The zero-order valence-corrected chi connectivity index (χ0v) is 12.1. The lowest BCUT2D eigenvalue weighted by Crippen LogP contribution is -2.60. The summed E-state index contributed by atoms with van der Waals surface area (Å²) in [6, 6.07) is 2.96. The molecule has 2 rings (SSSR count). The van der Waals surface area contributed by atoms with Gasteiger partial charge in [0, 0.05) is 17.8 Å². The minimum absolute atomic E-state index is 0.0501. The van der Waals surface area contributed by atoms with Gasteiger partial charge in [0.15, 0.2) is 6.23 Å². The topological polar surface area (TPSA) is 183 Å². The Bertz CT molecular complexity index is 604. The van der Waals surface area contributed by atoms with Crippen molar-refractivity contribution in [3.05, 3.63) is 33.9 Å². The van der Waals surface area contributed by atoms with Gasteiger partial charge in [0.25, 0.3) is 5.69 Å². The molecule has 1 fully saturated rings. The van der Waals surface area contributed by atoms with Gasteiger partial charge in [-0.2, -0.15) is 0 Å². The Labute approximate surface area is 134 Å². The summed E-state index contributed by atoms with van der Waals surface area (Å²) >= 11 is 0. The third kappa shape index (κ3) is 3.60. The Morgan fingerprint density at radius 3 is 2.42 bits per heavy atom. The monoisotopic (exact) mass is 344 g/mol. The van der Waals surface area contributed by atoms with Crippen molar-refractivity contribution in [2.75, 3.05) is 11.9 Å². The number of aliphatic hydroxyl groups is 4. The number of carboxylic acids is 1. The van der Waals surface area contributed by atoms with Gasteiger partial charge < -0.3 is 35.6 Å². The molecule has 0 saturated carbocycles. The zero-order valence-electron chi connectivity index (χ0n) is 12.1. The summed E-state index contributed by atoms with van der Waals surface area (Å²) in [6.07, 6.45) is -7.30. The number of rotatable bonds is 5. The first-order chi connectivity index (χ1) is 11.2. The van der Waals surface area contributed by atoms with Gasteiger partial charge in [0.2, 0.25) is 0 Å². The van der Waals surface area contributed by atoms with E-state index < -0.39 is 53.8 Å². The summed E-state index contributed by atoms with van der Waals surface area (Å²) in [4.78, 5) is 21.1. The van der Waals surface area contributed by atoms with E-state index in [0.29, 0.717) is 0 Å². The van der Waals surface area contributed by atoms with E-state index in [4.69, 9.17) is 14.9 Å². The number of hydrogen-bond donors (Lipinski definition) is 6. The van der Waals surface area contributed by atoms with Crippen molar-refractivity contribution in [3.63, 3.8) is 0 Å². The number of nitro benzene ring substituents is 1. The largest absolute Gasteiger partial charge is 0.478 e. The second-order valence-corrected chi connectivity index (χ2v) is 5.22. The zero-order chi connectivity index (χ0) is 18.0. The number of nitrogens with zero attached hydrogens (tertiary/aromatic N) is 1. The standard InChI is InChI=1S/C13H16N2O9/c16-4-8-9(17)10(18)11(19)12(24-8)14-6-1-5(13(20)21)2-7(3-6)15(22)23/h1-3,8-12,14,16-19H,4H2,(H,20,21)/t8-,9+,10+,11-,12+/m0/s1. The molecule has 1 aromatic rings. The number of aliphatic hydroxyl groups excluding tert-OH is 4. The Morgan fingerprint density at radius 1 is 1.21 bits per heavy atom. The van der Waals surface area contributed by atoms with Crippen molar-refractivity contribution in [1.82, 2.24) is 0 Å². The molecule has 0 spiro atoms. The van der Waals surface area contributed by atoms with Crippen molar-refractivity contribution in [1.29, 1.82) is 0 Å². The number of non-ortho nitro benzene ring substituents is 1. The fourth-order valence-corrected chi connectivity index (χ4v) is 2.31. The smallest absolute Gasteiger partial charge is 0.336 e. The van der Waals surface area contributed by atoms with E-state index in [1.807, 2.05) is 0 Å². The van der Waals surface area contributed by atoms with Crippen LogP contribution in [0.5, 0.6) is 0 Å². The van der Waals surface area contributed by atoms with E-state index in [1.54, 1.807) is 0 Å². The van der Waals surface area contributed by atoms with Gasteiger partial charge in [0.1, 0.15) is 24.4 Å². The Kier molecular flexibility index (Phi) is 5.31. The van der Waals surface area contributed by atoms with Gasteiger partial charge in [-0.25, -0.2) is 4.79 Å². The van der Waals surface area contributed by atoms with Crippen LogP contribution in [0.4, 0.5) is 11.4 Å². The highest BCUT2D eigenvalue weighted by Gasteiger charge is 2.43. The Hall–Kier alpha value is -2.31. The highest BCUT2D eigenvalue weighted by Crippen LogP contribution is 2.26. The molecule has 1 saturated heterocycles. The second-order valence-electron chi connectivity index (χ2n) is 5.22. The molecule has 0 unspecified atom stereocenters. The molecule has 1 aliphatic heterocycles. The van der Waals surface area contributed by atoms with E-state index in [9.17, 15) is 30.2 Å². The van der Waals surface area contributed by atoms with Crippen molar-refractivity contribution in [3.8, 4) is 0 Å². The molecule has 0 aliphatic carbocycles. The first-order valence-corrected chi connectivity index (χ1v) is 6.84. The van der Waals surface area contributed by atoms with Gasteiger partial charge in [-0.15, -0.1) is 0 Å². The lowest BCUT2D eigenvalue weighted by Gasteiger charge is -2.40. The predicted octanol–water partition coefficient (Wildman–Crippen LogP) is -1.50. The van der Waals surface area contributed by atoms with Crippen molar-refractivity contribution >= 4 is 17.3 Å². The van der Waals surface area contributed by atoms with Crippen molar-refractivity contribution in [2.24, 2.45) is 0 Å². The number of carbonyl (C=O) groups is 1. The molecule has 6 N–H and O–H groups in total. The average Bonchev–Trinajstić information content (AvgIpc) is 2.55. The van der Waals surface area contributed by atoms with Crippen LogP contribution in [0, 0.1) is 10.1 Å². The number of anilines is 1. The van der Waals surface area contributed by atoms with Crippen LogP contribution in [0.25, 0.3) is 0 Å². The van der Waals surface area contributed by atoms with Crippen LogP contribution < -0.4 is 5.32 Å². The molecule has 1 aliphatic rings. The van der Waals surface area contributed by atoms with E-state index in [1.165, 1.54) is 0 Å². The number of carboxylic acid groups (broad SMARTS) is 1. The number of benzene rings is 1. The maximum absolute atomic E-state index is 11.0. The van der Waals surface area contributed by atoms with E-state index in [2.05, 4.69) is 5.32 Å². The quantitative estimate of drug-likeness (QED) is 0.271. The molecule has 24 heavy (non-hydrogen) atoms. The SMILES string of the molecule is O=C(O)c1cc(N[C@@H]2O[C@@H](CO)[C@@H](O)[C@@H](O)[C@@H]2O)cc([N+](=O)[O-])c1. The maximum Gasteiger partial charge on any atom is 0.336 e. The Balaban J connectivity index is 2.29. The molecule has 1 heterocycles. The molecular formula is C13H16N2O9. The van der Waals surface area contributed by atoms with Crippen LogP contribution in [0.2, 0.25) is 0 Å². The highest BCUT2D eigenvalue weighted by molar-refractivity contribution is 5.90. The first-order valence-electron chi connectivity index (χ1n) is 6.84. The molecule has 0 radical (unpaired) electrons. The van der Waals surface area contributed by atoms with Crippen molar-refractivity contribution in [2.45, 2.75) is 30.6 Å². The van der Waals surface area contributed by atoms with E-state index >= 15 is 0 Å². The minimum atomic E-state index is -1.63. The predicted molar refractivity (Wildman–Crippen MR) is 77.4 cm³/mol. The maximum atomic E-state index is 11.0. The van der Waals surface area contributed by atoms with Gasteiger partial charge in [-0.1, -0.05) is 0 Å². The molecule has 132 valence electrons. The molecule has 5 atom stereocenters. The average molecular weight is 344 g/mol. The number of aromatic carboxylic acids is 1. The first kappa shape index (κ1) is 18.0. The van der Waals surface area contributed by atoms with Crippen LogP contribution in [-0.2, 0) is 4.74 Å². The molecule has 0 bridgehead atoms. The van der Waals surface area contributed by atoms with E-state index in [-0.39, 0.29) is 11.3 Å². The van der Waals surface area contributed by atoms with Crippen LogP contribution in [0.1, 0.15) is 10.4 Å². The van der Waals surface area contributed by atoms with Gasteiger partial charge in [-0.3, -0.25) is 10.1 Å². The highest BCUT2D eigenvalue weighted by atomic mass is 16.6. The third-order valence-corrected chi connectivity index (χ3v) is 3.58. The summed E-state index contributed by atoms with van der Waals surface area (Å²) in [5, 5.41) is 60.8. The minimum Gasteiger partial charge on any atom is -0.478 e. The van der Waals surface area contributed by atoms with Crippen LogP contribution >= 0.6 is 0 Å². The summed E-state index contributed by atoms with van der Waals surface area (Å²) in [5.74, 6) is -1.39. The molecular weight excluding hydrogens is 328 g/mol. The number of nitro groups is 1. The normalized spacial score (nSPS) is 29.9. The van der Waals surface area contributed by atoms with Crippen LogP contribution in [0.3, 0.4) is 0 Å². The lowest BCUT2D eigenvalue weighted by molar-refractivity contribution is -0.384. The fourth-order valence-electron chi connectivity index (χ4n) is 2.31. The lowest BCUT2D eigenvalue weighted by atomic mass is 9.98. The molecule has 0 aromatic heterocycles. The molecule has 0 amide bonds. The second kappa shape index (κ2) is 7.07. The third-order valence-electron chi connectivity index (χ3n) is 3.58. The summed E-state index contributed by atoms with van der Waals surface area (Å²) in [6.45, 7) is -0.640. The summed E-state index contributed by atoms with van der Waals surface area (Å²) in [5.41, 5.74) is -0.913. The summed E-state index contributed by atoms with van der Waals surface area (Å²) < 4.78 is 5.20. The van der Waals surface area contributed by atoms with Crippen molar-refractivity contribution < 1.29 is 40.0 Å². The van der Waals surface area contributed by atoms with Crippen LogP contribution in [-0.4, -0.2) is 73.7 Å². The Morgan fingerprint density at radius 2 is 1.88 bits per heavy atom. The molecule has 11 heteroatoms. The van der Waals surface area contributed by atoms with Gasteiger partial charge in [-0.05, 0) is 6.07 Å². The van der Waals surface area contributed by atoms with Crippen LogP contribution in [0.15, 0.2) is 18.2 Å². The van der Waals surface area contributed by atoms with E-state index in [0.717, 1.165) is 18.2 Å². The van der Waals surface area contributed by atoms with Gasteiger partial charge in [0.05, 0.1) is 17.1 Å². The number of ether oxygens (including phenoxy) is 1.